The summed E-state index contributed by atoms with van der Waals surface area (Å²) in [4.78, 5) is 12.0. The molecule has 1 saturated carbocycles. The molecule has 0 saturated heterocycles. The molecule has 1 aliphatic rings. The summed E-state index contributed by atoms with van der Waals surface area (Å²) in [6.07, 6.45) is -0.0103. The van der Waals surface area contributed by atoms with Crippen molar-refractivity contribution in [3.63, 3.8) is 0 Å². The van der Waals surface area contributed by atoms with E-state index in [1.54, 1.807) is 0 Å². The summed E-state index contributed by atoms with van der Waals surface area (Å²) >= 11 is 0. The second kappa shape index (κ2) is 5.01. The van der Waals surface area contributed by atoms with E-state index in [1.807, 2.05) is 0 Å². The van der Waals surface area contributed by atoms with Crippen LogP contribution in [0.25, 0.3) is 0 Å². The van der Waals surface area contributed by atoms with Gasteiger partial charge >= 0.3 is 12.3 Å². The summed E-state index contributed by atoms with van der Waals surface area (Å²) in [7, 11) is 1.18. The van der Waals surface area contributed by atoms with Crippen LogP contribution in [0.15, 0.2) is 0 Å². The summed E-state index contributed by atoms with van der Waals surface area (Å²) in [5.74, 6) is -6.33. The molecule has 1 aliphatic carbocycles. The third-order valence-corrected chi connectivity index (χ3v) is 3.00. The third kappa shape index (κ3) is 2.65. The van der Waals surface area contributed by atoms with Crippen LogP contribution in [0.4, 0.5) is 17.6 Å². The predicted molar refractivity (Wildman–Crippen MR) is 50.6 cm³/mol. The second-order valence-electron chi connectivity index (χ2n) is 4.13. The van der Waals surface area contributed by atoms with Gasteiger partial charge < -0.3 is 4.90 Å². The molecule has 0 aromatic heterocycles. The molecule has 0 aromatic rings. The van der Waals surface area contributed by atoms with Gasteiger partial charge in [0, 0.05) is 13.1 Å². The molecule has 0 heterocycles. The highest BCUT2D eigenvalue weighted by Gasteiger charge is 2.51. The van der Waals surface area contributed by atoms with E-state index < -0.39 is 18.3 Å². The van der Waals surface area contributed by atoms with Crippen molar-refractivity contribution in [1.29, 1.82) is 0 Å². The molecule has 6 heteroatoms. The number of hydrogen-bond donors (Lipinski definition) is 0. The Kier molecular flexibility index (Phi) is 4.15. The Bertz CT molecular complexity index is 251. The van der Waals surface area contributed by atoms with E-state index in [2.05, 4.69) is 0 Å². The lowest BCUT2D eigenvalue weighted by Crippen LogP contribution is -2.50. The van der Waals surface area contributed by atoms with E-state index in [-0.39, 0.29) is 6.04 Å². The van der Waals surface area contributed by atoms with E-state index in [0.717, 1.165) is 24.2 Å². The zero-order valence-electron chi connectivity index (χ0n) is 9.06. The lowest BCUT2D eigenvalue weighted by molar-refractivity contribution is -0.181. The van der Waals surface area contributed by atoms with Crippen LogP contribution in [-0.4, -0.2) is 36.2 Å². The van der Waals surface area contributed by atoms with Crippen molar-refractivity contribution in [2.45, 2.75) is 50.5 Å². The molecule has 16 heavy (non-hydrogen) atoms. The quantitative estimate of drug-likeness (QED) is 0.696. The van der Waals surface area contributed by atoms with Crippen LogP contribution in [0.3, 0.4) is 0 Å². The highest BCUT2D eigenvalue weighted by atomic mass is 19.3. The number of alkyl halides is 4. The fraction of sp³-hybridized carbons (Fsp3) is 0.900. The zero-order chi connectivity index (χ0) is 12.3. The monoisotopic (exact) mass is 241 g/mol. The molecule has 0 unspecified atom stereocenters. The van der Waals surface area contributed by atoms with E-state index in [1.165, 1.54) is 7.05 Å². The summed E-state index contributed by atoms with van der Waals surface area (Å²) in [6, 6.07) is -0.328. The van der Waals surface area contributed by atoms with Crippen molar-refractivity contribution >= 4 is 5.91 Å². The highest BCUT2D eigenvalue weighted by Crippen LogP contribution is 2.29. The maximum absolute atomic E-state index is 12.8. The first-order chi connectivity index (χ1) is 7.37. The molecule has 2 nitrogen and oxygen atoms in total. The van der Waals surface area contributed by atoms with Crippen molar-refractivity contribution in [2.75, 3.05) is 7.05 Å². The Labute approximate surface area is 91.6 Å². The molecule has 1 fully saturated rings. The minimum absolute atomic E-state index is 0.328. The molecular formula is C10H15F4NO. The number of amides is 1. The summed E-state index contributed by atoms with van der Waals surface area (Å²) < 4.78 is 49.6. The van der Waals surface area contributed by atoms with Crippen LogP contribution in [0.2, 0.25) is 0 Å². The Morgan fingerprint density at radius 1 is 1.25 bits per heavy atom. The van der Waals surface area contributed by atoms with Crippen LogP contribution in [0, 0.1) is 0 Å². The lowest BCUT2D eigenvalue weighted by atomic mass is 9.94. The van der Waals surface area contributed by atoms with Gasteiger partial charge in [-0.05, 0) is 12.8 Å². The first-order valence-electron chi connectivity index (χ1n) is 5.30. The van der Waals surface area contributed by atoms with Gasteiger partial charge in [-0.1, -0.05) is 19.3 Å². The molecule has 0 N–H and O–H groups in total. The van der Waals surface area contributed by atoms with Gasteiger partial charge in [-0.2, -0.15) is 8.78 Å². The number of nitrogens with zero attached hydrogens (tertiary/aromatic N) is 1. The largest absolute Gasteiger partial charge is 0.383 e. The van der Waals surface area contributed by atoms with E-state index >= 15 is 0 Å². The van der Waals surface area contributed by atoms with Crippen molar-refractivity contribution < 1.29 is 22.4 Å². The standard InChI is InChI=1S/C10H15F4NO/c1-15(7-5-3-2-4-6-7)9(16)10(13,14)8(11)12/h7-8H,2-6H2,1H3. The molecule has 0 aliphatic heterocycles. The van der Waals surface area contributed by atoms with E-state index in [9.17, 15) is 22.4 Å². The minimum Gasteiger partial charge on any atom is -0.337 e. The van der Waals surface area contributed by atoms with Crippen molar-refractivity contribution in [1.82, 2.24) is 4.90 Å². The summed E-state index contributed by atoms with van der Waals surface area (Å²) in [6.45, 7) is 0. The maximum Gasteiger partial charge on any atom is 0.383 e. The van der Waals surface area contributed by atoms with E-state index in [0.29, 0.717) is 12.8 Å². The summed E-state index contributed by atoms with van der Waals surface area (Å²) in [5, 5.41) is 0. The average Bonchev–Trinajstić information content (AvgIpc) is 2.28. The molecule has 0 aromatic carbocycles. The fourth-order valence-electron chi connectivity index (χ4n) is 1.96. The normalized spacial score (nSPS) is 18.9. The minimum atomic E-state index is -4.56. The van der Waals surface area contributed by atoms with Gasteiger partial charge in [0.05, 0.1) is 0 Å². The number of halogens is 4. The Morgan fingerprint density at radius 3 is 2.19 bits per heavy atom. The van der Waals surface area contributed by atoms with Crippen molar-refractivity contribution in [3.8, 4) is 0 Å². The molecular weight excluding hydrogens is 226 g/mol. The third-order valence-electron chi connectivity index (χ3n) is 3.00. The number of carbonyl (C=O) groups excluding carboxylic acids is 1. The van der Waals surface area contributed by atoms with Crippen molar-refractivity contribution in [2.24, 2.45) is 0 Å². The second-order valence-corrected chi connectivity index (χ2v) is 4.13. The first-order valence-corrected chi connectivity index (χ1v) is 5.30. The Balaban J connectivity index is 2.65. The van der Waals surface area contributed by atoms with Crippen LogP contribution >= 0.6 is 0 Å². The Hall–Kier alpha value is -0.810. The van der Waals surface area contributed by atoms with Gasteiger partial charge in [0.2, 0.25) is 0 Å². The zero-order valence-corrected chi connectivity index (χ0v) is 9.06. The van der Waals surface area contributed by atoms with Crippen LogP contribution in [0.5, 0.6) is 0 Å². The first kappa shape index (κ1) is 13.3. The van der Waals surface area contributed by atoms with E-state index in [4.69, 9.17) is 0 Å². The highest BCUT2D eigenvalue weighted by molar-refractivity contribution is 5.84. The van der Waals surface area contributed by atoms with Crippen LogP contribution in [-0.2, 0) is 4.79 Å². The van der Waals surface area contributed by atoms with Gasteiger partial charge in [-0.3, -0.25) is 4.79 Å². The predicted octanol–water partition coefficient (Wildman–Crippen LogP) is 2.68. The molecule has 0 radical (unpaired) electrons. The van der Waals surface area contributed by atoms with Crippen LogP contribution in [0.1, 0.15) is 32.1 Å². The molecule has 0 atom stereocenters. The van der Waals surface area contributed by atoms with Gasteiger partial charge in [0.25, 0.3) is 5.91 Å². The van der Waals surface area contributed by atoms with Gasteiger partial charge in [0.15, 0.2) is 0 Å². The maximum atomic E-state index is 12.8. The molecule has 1 rings (SSSR count). The molecule has 1 amide bonds. The Morgan fingerprint density at radius 2 is 1.75 bits per heavy atom. The number of rotatable bonds is 3. The van der Waals surface area contributed by atoms with Crippen LogP contribution < -0.4 is 0 Å². The fourth-order valence-corrected chi connectivity index (χ4v) is 1.96. The molecule has 94 valence electrons. The van der Waals surface area contributed by atoms with Gasteiger partial charge in [-0.25, -0.2) is 8.78 Å². The smallest absolute Gasteiger partial charge is 0.337 e. The molecule has 0 spiro atoms. The van der Waals surface area contributed by atoms with Gasteiger partial charge in [0.1, 0.15) is 0 Å². The number of carbonyl (C=O) groups is 1. The topological polar surface area (TPSA) is 20.3 Å². The summed E-state index contributed by atoms with van der Waals surface area (Å²) in [5.41, 5.74) is 0. The average molecular weight is 241 g/mol. The van der Waals surface area contributed by atoms with Gasteiger partial charge in [-0.15, -0.1) is 0 Å². The van der Waals surface area contributed by atoms with Crippen molar-refractivity contribution in [3.05, 3.63) is 0 Å². The number of hydrogen-bond acceptors (Lipinski definition) is 1. The SMILES string of the molecule is CN(C(=O)C(F)(F)C(F)F)C1CCCCC1. The molecule has 0 bridgehead atoms. The lowest BCUT2D eigenvalue weighted by Gasteiger charge is -2.33.